The van der Waals surface area contributed by atoms with Crippen LogP contribution in [0.1, 0.15) is 18.4 Å². The minimum absolute atomic E-state index is 0.147. The summed E-state index contributed by atoms with van der Waals surface area (Å²) in [7, 11) is 0. The van der Waals surface area contributed by atoms with Crippen LogP contribution in [0.15, 0.2) is 42.5 Å². The predicted molar refractivity (Wildman–Crippen MR) is 97.2 cm³/mol. The van der Waals surface area contributed by atoms with Crippen molar-refractivity contribution >= 4 is 23.0 Å². The Bertz CT molecular complexity index is 687. The van der Waals surface area contributed by atoms with Crippen molar-refractivity contribution in [2.24, 2.45) is 5.92 Å². The van der Waals surface area contributed by atoms with Gasteiger partial charge in [0, 0.05) is 31.8 Å². The van der Waals surface area contributed by atoms with Crippen molar-refractivity contribution in [1.29, 1.82) is 0 Å². The second-order valence-electron chi connectivity index (χ2n) is 6.20. The second-order valence-corrected chi connectivity index (χ2v) is 6.60. The second kappa shape index (κ2) is 7.86. The number of hydrogen-bond acceptors (Lipinski definition) is 3. The molecule has 0 unspecified atom stereocenters. The van der Waals surface area contributed by atoms with E-state index in [-0.39, 0.29) is 17.4 Å². The summed E-state index contributed by atoms with van der Waals surface area (Å²) in [4.78, 5) is 2.32. The van der Waals surface area contributed by atoms with Gasteiger partial charge in [-0.05, 0) is 37.0 Å². The maximum atomic E-state index is 14.0. The Labute approximate surface area is 147 Å². The van der Waals surface area contributed by atoms with Crippen LogP contribution < -0.4 is 10.2 Å². The molecule has 0 aliphatic carbocycles. The quantitative estimate of drug-likeness (QED) is 0.845. The summed E-state index contributed by atoms with van der Waals surface area (Å²) in [5.74, 6) is 0.0369. The topological polar surface area (TPSA) is 35.5 Å². The first-order chi connectivity index (χ1) is 11.7. The Hall–Kier alpha value is -1.78. The van der Waals surface area contributed by atoms with Gasteiger partial charge in [-0.25, -0.2) is 4.39 Å². The standard InChI is InChI=1S/C19H22ClFN2O/c20-16-5-3-4-15(19(16)21)12-22-17-6-1-2-7-18(17)23-10-8-14(13-24)9-11-23/h1-7,14,22,24H,8-13H2. The van der Waals surface area contributed by atoms with Gasteiger partial charge < -0.3 is 15.3 Å². The van der Waals surface area contributed by atoms with Crippen LogP contribution in [-0.4, -0.2) is 24.8 Å². The van der Waals surface area contributed by atoms with Crippen molar-refractivity contribution in [1.82, 2.24) is 0 Å². The summed E-state index contributed by atoms with van der Waals surface area (Å²) < 4.78 is 14.0. The van der Waals surface area contributed by atoms with E-state index in [1.54, 1.807) is 18.2 Å². The SMILES string of the molecule is OCC1CCN(c2ccccc2NCc2cccc(Cl)c2F)CC1. The number of halogens is 2. The molecule has 0 bridgehead atoms. The molecule has 2 N–H and O–H groups in total. The number of nitrogens with zero attached hydrogens (tertiary/aromatic N) is 1. The number of anilines is 2. The Morgan fingerprint density at radius 2 is 1.88 bits per heavy atom. The fourth-order valence-corrected chi connectivity index (χ4v) is 3.32. The molecule has 5 heteroatoms. The predicted octanol–water partition coefficient (Wildman–Crippen LogP) is 4.30. The summed E-state index contributed by atoms with van der Waals surface area (Å²) >= 11 is 5.84. The summed E-state index contributed by atoms with van der Waals surface area (Å²) in [5, 5.41) is 12.8. The number of para-hydroxylation sites is 2. The zero-order valence-corrected chi connectivity index (χ0v) is 14.3. The molecule has 3 rings (SSSR count). The highest BCUT2D eigenvalue weighted by Gasteiger charge is 2.20. The van der Waals surface area contributed by atoms with Crippen molar-refractivity contribution in [3.8, 4) is 0 Å². The smallest absolute Gasteiger partial charge is 0.146 e. The zero-order valence-electron chi connectivity index (χ0n) is 13.5. The van der Waals surface area contributed by atoms with Gasteiger partial charge in [0.15, 0.2) is 0 Å². The number of rotatable bonds is 5. The van der Waals surface area contributed by atoms with E-state index in [0.29, 0.717) is 18.0 Å². The molecular weight excluding hydrogens is 327 g/mol. The summed E-state index contributed by atoms with van der Waals surface area (Å²) in [6, 6.07) is 13.1. The lowest BCUT2D eigenvalue weighted by Crippen LogP contribution is -2.35. The van der Waals surface area contributed by atoms with Gasteiger partial charge in [-0.2, -0.15) is 0 Å². The van der Waals surface area contributed by atoms with E-state index in [1.165, 1.54) is 0 Å². The van der Waals surface area contributed by atoms with Crippen molar-refractivity contribution in [3.05, 3.63) is 58.9 Å². The molecule has 2 aromatic rings. The van der Waals surface area contributed by atoms with Crippen molar-refractivity contribution in [2.75, 3.05) is 29.9 Å². The summed E-state index contributed by atoms with van der Waals surface area (Å²) in [6.45, 7) is 2.50. The average molecular weight is 349 g/mol. The number of aliphatic hydroxyl groups excluding tert-OH is 1. The fourth-order valence-electron chi connectivity index (χ4n) is 3.13. The molecule has 3 nitrogen and oxygen atoms in total. The van der Waals surface area contributed by atoms with Crippen LogP contribution in [0.2, 0.25) is 5.02 Å². The van der Waals surface area contributed by atoms with E-state index >= 15 is 0 Å². The summed E-state index contributed by atoms with van der Waals surface area (Å²) in [6.07, 6.45) is 1.99. The van der Waals surface area contributed by atoms with Gasteiger partial charge in [0.1, 0.15) is 5.82 Å². The molecule has 0 aromatic heterocycles. The lowest BCUT2D eigenvalue weighted by Gasteiger charge is -2.34. The molecule has 2 aromatic carbocycles. The molecule has 1 aliphatic rings. The molecule has 1 fully saturated rings. The molecule has 1 heterocycles. The third-order valence-electron chi connectivity index (χ3n) is 4.62. The first-order valence-electron chi connectivity index (χ1n) is 8.30. The summed E-state index contributed by atoms with van der Waals surface area (Å²) in [5.41, 5.74) is 2.66. The highest BCUT2D eigenvalue weighted by atomic mass is 35.5. The van der Waals surface area contributed by atoms with Crippen LogP contribution in [0.3, 0.4) is 0 Å². The van der Waals surface area contributed by atoms with Crippen LogP contribution in [-0.2, 0) is 6.54 Å². The largest absolute Gasteiger partial charge is 0.396 e. The Kier molecular flexibility index (Phi) is 5.59. The van der Waals surface area contributed by atoms with E-state index < -0.39 is 0 Å². The van der Waals surface area contributed by atoms with E-state index in [0.717, 1.165) is 37.3 Å². The molecule has 0 saturated carbocycles. The van der Waals surface area contributed by atoms with Gasteiger partial charge in [-0.15, -0.1) is 0 Å². The molecular formula is C19H22ClFN2O. The lowest BCUT2D eigenvalue weighted by molar-refractivity contribution is 0.203. The van der Waals surface area contributed by atoms with Gasteiger partial charge in [0.2, 0.25) is 0 Å². The van der Waals surface area contributed by atoms with Gasteiger partial charge in [-0.1, -0.05) is 35.9 Å². The van der Waals surface area contributed by atoms with E-state index in [1.807, 2.05) is 18.2 Å². The minimum atomic E-state index is -0.368. The minimum Gasteiger partial charge on any atom is -0.396 e. The number of benzene rings is 2. The molecule has 24 heavy (non-hydrogen) atoms. The van der Waals surface area contributed by atoms with Crippen LogP contribution in [0.5, 0.6) is 0 Å². The third-order valence-corrected chi connectivity index (χ3v) is 4.91. The Morgan fingerprint density at radius 3 is 2.62 bits per heavy atom. The monoisotopic (exact) mass is 348 g/mol. The first kappa shape index (κ1) is 17.1. The third kappa shape index (κ3) is 3.82. The van der Waals surface area contributed by atoms with E-state index in [9.17, 15) is 9.50 Å². The average Bonchev–Trinajstić information content (AvgIpc) is 2.63. The molecule has 1 saturated heterocycles. The maximum Gasteiger partial charge on any atom is 0.146 e. The van der Waals surface area contributed by atoms with Crippen LogP contribution >= 0.6 is 11.6 Å². The van der Waals surface area contributed by atoms with Crippen LogP contribution in [0.25, 0.3) is 0 Å². The zero-order chi connectivity index (χ0) is 16.9. The van der Waals surface area contributed by atoms with Gasteiger partial charge in [-0.3, -0.25) is 0 Å². The number of hydrogen-bond donors (Lipinski definition) is 2. The highest BCUT2D eigenvalue weighted by molar-refractivity contribution is 6.30. The van der Waals surface area contributed by atoms with E-state index in [4.69, 9.17) is 11.6 Å². The van der Waals surface area contributed by atoms with Gasteiger partial charge in [0.25, 0.3) is 0 Å². The van der Waals surface area contributed by atoms with E-state index in [2.05, 4.69) is 16.3 Å². The van der Waals surface area contributed by atoms with Crippen molar-refractivity contribution < 1.29 is 9.50 Å². The molecule has 0 spiro atoms. The number of nitrogens with one attached hydrogen (secondary N) is 1. The Balaban J connectivity index is 1.72. The van der Waals surface area contributed by atoms with Crippen molar-refractivity contribution in [2.45, 2.75) is 19.4 Å². The molecule has 0 atom stereocenters. The maximum absolute atomic E-state index is 14.0. The highest BCUT2D eigenvalue weighted by Crippen LogP contribution is 2.30. The van der Waals surface area contributed by atoms with Crippen LogP contribution in [0, 0.1) is 11.7 Å². The Morgan fingerprint density at radius 1 is 1.12 bits per heavy atom. The number of piperidine rings is 1. The fraction of sp³-hybridized carbons (Fsp3) is 0.368. The molecule has 0 amide bonds. The van der Waals surface area contributed by atoms with Crippen LogP contribution in [0.4, 0.5) is 15.8 Å². The molecule has 128 valence electrons. The lowest BCUT2D eigenvalue weighted by atomic mass is 9.97. The first-order valence-corrected chi connectivity index (χ1v) is 8.68. The van der Waals surface area contributed by atoms with Gasteiger partial charge in [0.05, 0.1) is 16.4 Å². The number of aliphatic hydroxyl groups is 1. The molecule has 1 aliphatic heterocycles. The van der Waals surface area contributed by atoms with Gasteiger partial charge >= 0.3 is 0 Å². The molecule has 0 radical (unpaired) electrons. The van der Waals surface area contributed by atoms with Crippen molar-refractivity contribution in [3.63, 3.8) is 0 Å². The normalized spacial score (nSPS) is 15.5.